The number of nitrogens with one attached hydrogen (secondary N) is 1. The van der Waals surface area contributed by atoms with Crippen LogP contribution >= 0.6 is 0 Å². The minimum Gasteiger partial charge on any atom is -0.497 e. The van der Waals surface area contributed by atoms with Gasteiger partial charge in [0.25, 0.3) is 10.0 Å². The Morgan fingerprint density at radius 3 is 2.30 bits per heavy atom. The number of likely N-dealkylation sites (tertiary alicyclic amines) is 1. The predicted octanol–water partition coefficient (Wildman–Crippen LogP) is 2.36. The molecule has 1 saturated carbocycles. The van der Waals surface area contributed by atoms with Gasteiger partial charge in [-0.3, -0.25) is 0 Å². The van der Waals surface area contributed by atoms with Crippen LogP contribution in [-0.4, -0.2) is 50.9 Å². The molecule has 0 radical (unpaired) electrons. The quantitative estimate of drug-likeness (QED) is 0.790. The van der Waals surface area contributed by atoms with Gasteiger partial charge in [-0.15, -0.1) is 0 Å². The van der Waals surface area contributed by atoms with Crippen molar-refractivity contribution in [3.63, 3.8) is 0 Å². The number of methoxy groups -OCH3 is 1. The van der Waals surface area contributed by atoms with Crippen LogP contribution in [0.4, 0.5) is 4.79 Å². The first-order valence-electron chi connectivity index (χ1n) is 8.71. The predicted molar refractivity (Wildman–Crippen MR) is 100 cm³/mol. The Balaban J connectivity index is 1.50. The van der Waals surface area contributed by atoms with Gasteiger partial charge in [-0.1, -0.05) is 0 Å². The van der Waals surface area contributed by atoms with E-state index in [-0.39, 0.29) is 16.4 Å². The number of hydrogen-bond donors (Lipinski definition) is 1. The standard InChI is InChI=1S/C18H25N3O5S/c1-17(2,3)26-16(22)21-11-18(12-21)9-13(10-18)19-20-27(23,24)15-7-5-14(25-4)6-8-15/h5-8,20H,9-12H2,1-4H3. The number of benzene rings is 1. The lowest BCUT2D eigenvalue weighted by Gasteiger charge is -2.55. The average molecular weight is 395 g/mol. The first-order valence-corrected chi connectivity index (χ1v) is 10.2. The summed E-state index contributed by atoms with van der Waals surface area (Å²) in [6, 6.07) is 6.10. The van der Waals surface area contributed by atoms with Gasteiger partial charge in [0.05, 0.1) is 12.0 Å². The lowest BCUT2D eigenvalue weighted by molar-refractivity contribution is -0.0387. The first kappa shape index (κ1) is 19.5. The van der Waals surface area contributed by atoms with E-state index in [1.54, 1.807) is 17.0 Å². The second kappa shape index (κ2) is 6.70. The Kier molecular flexibility index (Phi) is 4.83. The highest BCUT2D eigenvalue weighted by Gasteiger charge is 2.53. The van der Waals surface area contributed by atoms with Crippen molar-refractivity contribution >= 4 is 21.8 Å². The van der Waals surface area contributed by atoms with Gasteiger partial charge in [0.1, 0.15) is 11.4 Å². The molecule has 0 aromatic heterocycles. The lowest BCUT2D eigenvalue weighted by Crippen LogP contribution is -2.64. The summed E-state index contributed by atoms with van der Waals surface area (Å²) in [6.45, 7) is 6.74. The minimum atomic E-state index is -3.70. The largest absolute Gasteiger partial charge is 0.497 e. The Labute approximate surface area is 159 Å². The highest BCUT2D eigenvalue weighted by Crippen LogP contribution is 2.46. The molecule has 2 fully saturated rings. The van der Waals surface area contributed by atoms with Gasteiger partial charge < -0.3 is 14.4 Å². The summed E-state index contributed by atoms with van der Waals surface area (Å²) < 4.78 is 34.9. The zero-order valence-electron chi connectivity index (χ0n) is 16.0. The molecule has 27 heavy (non-hydrogen) atoms. The van der Waals surface area contributed by atoms with Crippen LogP contribution in [0.5, 0.6) is 5.75 Å². The van der Waals surface area contributed by atoms with Crippen LogP contribution in [-0.2, 0) is 14.8 Å². The topological polar surface area (TPSA) is 97.3 Å². The highest BCUT2D eigenvalue weighted by molar-refractivity contribution is 7.89. The van der Waals surface area contributed by atoms with Crippen molar-refractivity contribution in [2.24, 2.45) is 10.5 Å². The molecule has 1 saturated heterocycles. The Hall–Kier alpha value is -2.29. The highest BCUT2D eigenvalue weighted by atomic mass is 32.2. The Morgan fingerprint density at radius 2 is 1.78 bits per heavy atom. The molecule has 1 aliphatic heterocycles. The number of nitrogens with zero attached hydrogens (tertiary/aromatic N) is 2. The van der Waals surface area contributed by atoms with Gasteiger partial charge in [0.15, 0.2) is 0 Å². The van der Waals surface area contributed by atoms with Gasteiger partial charge in [-0.25, -0.2) is 9.63 Å². The summed E-state index contributed by atoms with van der Waals surface area (Å²) >= 11 is 0. The second-order valence-corrected chi connectivity index (χ2v) is 9.80. The molecule has 1 amide bonds. The summed E-state index contributed by atoms with van der Waals surface area (Å²) in [5.41, 5.74) is 0.295. The minimum absolute atomic E-state index is 0.0152. The van der Waals surface area contributed by atoms with E-state index >= 15 is 0 Å². The fourth-order valence-corrected chi connectivity index (χ4v) is 4.12. The van der Waals surface area contributed by atoms with Crippen molar-refractivity contribution in [2.75, 3.05) is 20.2 Å². The maximum atomic E-state index is 12.3. The molecule has 148 valence electrons. The second-order valence-electron chi connectivity index (χ2n) is 8.14. The molecule has 0 unspecified atom stereocenters. The monoisotopic (exact) mass is 395 g/mol. The molecule has 0 bridgehead atoms. The molecular weight excluding hydrogens is 370 g/mol. The van der Waals surface area contributed by atoms with E-state index in [1.807, 2.05) is 20.8 Å². The molecule has 1 N–H and O–H groups in total. The number of hydrazone groups is 1. The molecule has 1 spiro atoms. The van der Waals surface area contributed by atoms with Gasteiger partial charge >= 0.3 is 6.09 Å². The fraction of sp³-hybridized carbons (Fsp3) is 0.556. The summed E-state index contributed by atoms with van der Waals surface area (Å²) in [5, 5.41) is 4.04. The molecule has 1 aromatic rings. The van der Waals surface area contributed by atoms with Crippen LogP contribution in [0.3, 0.4) is 0 Å². The number of carbonyl (C=O) groups excluding carboxylic acids is 1. The molecule has 1 heterocycles. The van der Waals surface area contributed by atoms with E-state index in [2.05, 4.69) is 9.93 Å². The molecular formula is C18H25N3O5S. The number of rotatable bonds is 4. The maximum Gasteiger partial charge on any atom is 0.410 e. The van der Waals surface area contributed by atoms with E-state index in [4.69, 9.17) is 9.47 Å². The van der Waals surface area contributed by atoms with Crippen LogP contribution in [0.15, 0.2) is 34.3 Å². The van der Waals surface area contributed by atoms with Crippen LogP contribution < -0.4 is 9.57 Å². The van der Waals surface area contributed by atoms with Crippen molar-refractivity contribution in [1.82, 2.24) is 9.73 Å². The van der Waals surface area contributed by atoms with Crippen molar-refractivity contribution in [2.45, 2.75) is 44.1 Å². The molecule has 1 aromatic carbocycles. The van der Waals surface area contributed by atoms with Crippen LogP contribution in [0.1, 0.15) is 33.6 Å². The van der Waals surface area contributed by atoms with Crippen molar-refractivity contribution in [1.29, 1.82) is 0 Å². The molecule has 0 atom stereocenters. The average Bonchev–Trinajstić information content (AvgIpc) is 2.50. The zero-order chi connectivity index (χ0) is 19.9. The third-order valence-electron chi connectivity index (χ3n) is 4.56. The summed E-state index contributed by atoms with van der Waals surface area (Å²) in [5.74, 6) is 0.584. The number of ether oxygens (including phenoxy) is 2. The molecule has 3 rings (SSSR count). The Bertz CT molecular complexity index is 840. The number of sulfonamides is 1. The fourth-order valence-electron chi connectivity index (χ4n) is 3.27. The Morgan fingerprint density at radius 1 is 1.19 bits per heavy atom. The van der Waals surface area contributed by atoms with Crippen LogP contribution in [0, 0.1) is 5.41 Å². The van der Waals surface area contributed by atoms with E-state index in [1.165, 1.54) is 19.2 Å². The molecule has 1 aliphatic carbocycles. The van der Waals surface area contributed by atoms with Crippen LogP contribution in [0.25, 0.3) is 0 Å². The first-order chi connectivity index (χ1) is 12.5. The smallest absolute Gasteiger partial charge is 0.410 e. The van der Waals surface area contributed by atoms with Gasteiger partial charge in [-0.05, 0) is 57.9 Å². The van der Waals surface area contributed by atoms with Gasteiger partial charge in [0.2, 0.25) is 0 Å². The molecule has 2 aliphatic rings. The molecule has 9 heteroatoms. The maximum absolute atomic E-state index is 12.3. The normalized spacial score (nSPS) is 18.4. The van der Waals surface area contributed by atoms with E-state index < -0.39 is 15.6 Å². The summed E-state index contributed by atoms with van der Waals surface area (Å²) in [7, 11) is -2.19. The number of carbonyl (C=O) groups is 1. The summed E-state index contributed by atoms with van der Waals surface area (Å²) in [6.07, 6.45) is 1.05. The van der Waals surface area contributed by atoms with E-state index in [9.17, 15) is 13.2 Å². The SMILES string of the molecule is COc1ccc(S(=O)(=O)NN=C2CC3(C2)CN(C(=O)OC(C)(C)C)C3)cc1. The summed E-state index contributed by atoms with van der Waals surface area (Å²) in [4.78, 5) is 16.1. The third kappa shape index (κ3) is 4.35. The number of hydrogen-bond acceptors (Lipinski definition) is 6. The van der Waals surface area contributed by atoms with Gasteiger partial charge in [-0.2, -0.15) is 13.5 Å². The zero-order valence-corrected chi connectivity index (χ0v) is 16.8. The van der Waals surface area contributed by atoms with Crippen molar-refractivity contribution in [3.8, 4) is 5.75 Å². The van der Waals surface area contributed by atoms with Crippen molar-refractivity contribution in [3.05, 3.63) is 24.3 Å². The number of amides is 1. The third-order valence-corrected chi connectivity index (χ3v) is 5.78. The molecule has 8 nitrogen and oxygen atoms in total. The van der Waals surface area contributed by atoms with Crippen molar-refractivity contribution < 1.29 is 22.7 Å². The van der Waals surface area contributed by atoms with E-state index in [0.717, 1.165) is 5.71 Å². The van der Waals surface area contributed by atoms with Gasteiger partial charge in [0, 0.05) is 24.2 Å². The lowest BCUT2D eigenvalue weighted by atomic mass is 9.62. The van der Waals surface area contributed by atoms with E-state index in [0.29, 0.717) is 31.7 Å². The van der Waals surface area contributed by atoms with Crippen LogP contribution in [0.2, 0.25) is 0 Å².